The lowest BCUT2D eigenvalue weighted by molar-refractivity contribution is -0.137. The number of carbonyl (C=O) groups is 1. The van der Waals surface area contributed by atoms with Crippen LogP contribution in [-0.4, -0.2) is 17.7 Å². The largest absolute Gasteiger partial charge is 0.493 e. The van der Waals surface area contributed by atoms with E-state index in [1.54, 1.807) is 0 Å². The summed E-state index contributed by atoms with van der Waals surface area (Å²) < 4.78 is 5.70. The Balaban J connectivity index is 2.36. The van der Waals surface area contributed by atoms with Gasteiger partial charge in [0.1, 0.15) is 5.75 Å². The lowest BCUT2D eigenvalue weighted by Gasteiger charge is -2.15. The number of carboxylic acid groups (broad SMARTS) is 1. The van der Waals surface area contributed by atoms with Crippen LogP contribution in [0.3, 0.4) is 0 Å². The smallest absolute Gasteiger partial charge is 0.303 e. The monoisotopic (exact) mass is 220 g/mol. The number of hydrogen-bond donors (Lipinski definition) is 1. The topological polar surface area (TPSA) is 46.5 Å². The predicted molar refractivity (Wildman–Crippen MR) is 60.9 cm³/mol. The molecule has 2 rings (SSSR count). The number of rotatable bonds is 2. The molecule has 0 bridgehead atoms. The second kappa shape index (κ2) is 4.56. The summed E-state index contributed by atoms with van der Waals surface area (Å²) in [7, 11) is 0. The van der Waals surface area contributed by atoms with Gasteiger partial charge in [0.2, 0.25) is 0 Å². The van der Waals surface area contributed by atoms with Crippen LogP contribution in [0.1, 0.15) is 36.3 Å². The van der Waals surface area contributed by atoms with E-state index >= 15 is 0 Å². The van der Waals surface area contributed by atoms with E-state index in [0.29, 0.717) is 6.61 Å². The average Bonchev–Trinajstić information content (AvgIpc) is 2.42. The first kappa shape index (κ1) is 11.0. The molecule has 1 aliphatic rings. The fourth-order valence-electron chi connectivity index (χ4n) is 2.28. The van der Waals surface area contributed by atoms with Crippen molar-refractivity contribution in [3.05, 3.63) is 29.3 Å². The summed E-state index contributed by atoms with van der Waals surface area (Å²) >= 11 is 0. The van der Waals surface area contributed by atoms with E-state index in [9.17, 15) is 4.79 Å². The third kappa shape index (κ3) is 2.18. The summed E-state index contributed by atoms with van der Waals surface area (Å²) in [6.45, 7) is 2.69. The van der Waals surface area contributed by atoms with Crippen molar-refractivity contribution in [2.75, 3.05) is 6.61 Å². The first-order chi connectivity index (χ1) is 7.68. The molecule has 3 heteroatoms. The first-order valence-electron chi connectivity index (χ1n) is 5.62. The van der Waals surface area contributed by atoms with Crippen LogP contribution in [0.15, 0.2) is 18.2 Å². The van der Waals surface area contributed by atoms with Gasteiger partial charge in [-0.3, -0.25) is 4.79 Å². The molecule has 3 nitrogen and oxygen atoms in total. The Hall–Kier alpha value is -1.51. The van der Waals surface area contributed by atoms with Gasteiger partial charge in [0.25, 0.3) is 0 Å². The molecular weight excluding hydrogens is 204 g/mol. The Kier molecular flexibility index (Phi) is 3.13. The quantitative estimate of drug-likeness (QED) is 0.833. The maximum Gasteiger partial charge on any atom is 0.303 e. The highest BCUT2D eigenvalue weighted by Crippen LogP contribution is 2.37. The summed E-state index contributed by atoms with van der Waals surface area (Å²) in [6, 6.07) is 5.96. The number of hydrogen-bond acceptors (Lipinski definition) is 2. The molecule has 1 aromatic rings. The highest BCUT2D eigenvalue weighted by molar-refractivity contribution is 5.68. The molecule has 1 aliphatic heterocycles. The minimum atomic E-state index is -0.737. The molecule has 0 fully saturated rings. The lowest BCUT2D eigenvalue weighted by atomic mass is 9.90. The zero-order chi connectivity index (χ0) is 11.5. The van der Waals surface area contributed by atoms with Gasteiger partial charge in [-0.15, -0.1) is 0 Å². The molecule has 0 amide bonds. The van der Waals surface area contributed by atoms with Crippen molar-refractivity contribution in [1.82, 2.24) is 0 Å². The van der Waals surface area contributed by atoms with Gasteiger partial charge >= 0.3 is 5.97 Å². The lowest BCUT2D eigenvalue weighted by Crippen LogP contribution is -2.06. The number of carboxylic acids is 1. The molecule has 0 spiro atoms. The van der Waals surface area contributed by atoms with Gasteiger partial charge < -0.3 is 9.84 Å². The van der Waals surface area contributed by atoms with Crippen molar-refractivity contribution >= 4 is 5.97 Å². The Morgan fingerprint density at radius 2 is 2.38 bits per heavy atom. The molecule has 1 heterocycles. The average molecular weight is 220 g/mol. The van der Waals surface area contributed by atoms with Crippen LogP contribution < -0.4 is 4.74 Å². The SMILES string of the molecule is Cc1cccc2c1OCCCC2CC(=O)O. The Morgan fingerprint density at radius 1 is 1.56 bits per heavy atom. The highest BCUT2D eigenvalue weighted by atomic mass is 16.5. The van der Waals surface area contributed by atoms with Crippen LogP contribution in [-0.2, 0) is 4.79 Å². The Labute approximate surface area is 95.0 Å². The van der Waals surface area contributed by atoms with Crippen molar-refractivity contribution in [2.24, 2.45) is 0 Å². The number of benzene rings is 1. The summed E-state index contributed by atoms with van der Waals surface area (Å²) in [5.74, 6) is 0.250. The Morgan fingerprint density at radius 3 is 3.12 bits per heavy atom. The van der Waals surface area contributed by atoms with Crippen molar-refractivity contribution in [2.45, 2.75) is 32.1 Å². The fourth-order valence-corrected chi connectivity index (χ4v) is 2.28. The third-order valence-electron chi connectivity index (χ3n) is 3.05. The van der Waals surface area contributed by atoms with E-state index in [1.165, 1.54) is 0 Å². The molecule has 86 valence electrons. The van der Waals surface area contributed by atoms with Crippen LogP contribution in [0, 0.1) is 6.92 Å². The van der Waals surface area contributed by atoms with Crippen LogP contribution in [0.25, 0.3) is 0 Å². The van der Waals surface area contributed by atoms with Gasteiger partial charge in [0, 0.05) is 0 Å². The van der Waals surface area contributed by atoms with Gasteiger partial charge in [-0.1, -0.05) is 18.2 Å². The standard InChI is InChI=1S/C13H16O3/c1-9-4-2-6-11-10(8-12(14)15)5-3-7-16-13(9)11/h2,4,6,10H,3,5,7-8H2,1H3,(H,14,15). The van der Waals surface area contributed by atoms with E-state index in [1.807, 2.05) is 25.1 Å². The molecule has 1 unspecified atom stereocenters. The molecular formula is C13H16O3. The molecule has 0 aromatic heterocycles. The fraction of sp³-hybridized carbons (Fsp3) is 0.462. The number of aliphatic carboxylic acids is 1. The van der Waals surface area contributed by atoms with E-state index in [2.05, 4.69) is 0 Å². The van der Waals surface area contributed by atoms with Gasteiger partial charge in [0.05, 0.1) is 13.0 Å². The summed E-state index contributed by atoms with van der Waals surface area (Å²) in [4.78, 5) is 10.8. The molecule has 0 saturated carbocycles. The predicted octanol–water partition coefficient (Wildman–Crippen LogP) is 2.73. The minimum absolute atomic E-state index is 0.0925. The van der Waals surface area contributed by atoms with Gasteiger partial charge in [0.15, 0.2) is 0 Å². The summed E-state index contributed by atoms with van der Waals surface area (Å²) in [6.07, 6.45) is 2.01. The summed E-state index contributed by atoms with van der Waals surface area (Å²) in [5, 5.41) is 8.91. The minimum Gasteiger partial charge on any atom is -0.493 e. The molecule has 0 aliphatic carbocycles. The molecule has 16 heavy (non-hydrogen) atoms. The molecule has 0 saturated heterocycles. The van der Waals surface area contributed by atoms with E-state index < -0.39 is 5.97 Å². The number of para-hydroxylation sites is 1. The van der Waals surface area contributed by atoms with Crippen molar-refractivity contribution < 1.29 is 14.6 Å². The van der Waals surface area contributed by atoms with Gasteiger partial charge in [-0.2, -0.15) is 0 Å². The maximum atomic E-state index is 10.8. The van der Waals surface area contributed by atoms with Gasteiger partial charge in [-0.25, -0.2) is 0 Å². The molecule has 1 N–H and O–H groups in total. The first-order valence-corrected chi connectivity index (χ1v) is 5.62. The molecule has 0 radical (unpaired) electrons. The van der Waals surface area contributed by atoms with Crippen molar-refractivity contribution in [1.29, 1.82) is 0 Å². The zero-order valence-corrected chi connectivity index (χ0v) is 9.40. The highest BCUT2D eigenvalue weighted by Gasteiger charge is 2.22. The van der Waals surface area contributed by atoms with E-state index in [0.717, 1.165) is 29.7 Å². The van der Waals surface area contributed by atoms with Crippen molar-refractivity contribution in [3.8, 4) is 5.75 Å². The molecule has 1 aromatic carbocycles. The number of fused-ring (bicyclic) bond motifs is 1. The zero-order valence-electron chi connectivity index (χ0n) is 9.40. The normalized spacial score (nSPS) is 19.4. The second-order valence-corrected chi connectivity index (χ2v) is 4.28. The van der Waals surface area contributed by atoms with Crippen LogP contribution >= 0.6 is 0 Å². The molecule has 1 atom stereocenters. The second-order valence-electron chi connectivity index (χ2n) is 4.28. The maximum absolute atomic E-state index is 10.8. The van der Waals surface area contributed by atoms with E-state index in [-0.39, 0.29) is 12.3 Å². The summed E-state index contributed by atoms with van der Waals surface area (Å²) in [5.41, 5.74) is 2.15. The Bertz CT molecular complexity index is 398. The third-order valence-corrected chi connectivity index (χ3v) is 3.05. The van der Waals surface area contributed by atoms with Crippen LogP contribution in [0.2, 0.25) is 0 Å². The van der Waals surface area contributed by atoms with Crippen LogP contribution in [0.4, 0.5) is 0 Å². The number of ether oxygens (including phenoxy) is 1. The van der Waals surface area contributed by atoms with Crippen LogP contribution in [0.5, 0.6) is 5.75 Å². The number of aryl methyl sites for hydroxylation is 1. The van der Waals surface area contributed by atoms with Crippen molar-refractivity contribution in [3.63, 3.8) is 0 Å². The van der Waals surface area contributed by atoms with E-state index in [4.69, 9.17) is 9.84 Å². The van der Waals surface area contributed by atoms with Gasteiger partial charge in [-0.05, 0) is 36.8 Å².